The van der Waals surface area contributed by atoms with E-state index in [0.717, 1.165) is 11.4 Å². The summed E-state index contributed by atoms with van der Waals surface area (Å²) in [6.07, 6.45) is 0. The highest BCUT2D eigenvalue weighted by Gasteiger charge is 2.21. The van der Waals surface area contributed by atoms with Gasteiger partial charge in [0.15, 0.2) is 5.69 Å². The average molecular weight is 276 g/mol. The van der Waals surface area contributed by atoms with Crippen LogP contribution in [0.1, 0.15) is 39.3 Å². The number of ether oxygens (including phenoxy) is 1. The van der Waals surface area contributed by atoms with Gasteiger partial charge in [0.2, 0.25) is 0 Å². The molecule has 0 N–H and O–H groups in total. The number of carbonyl (C=O) groups is 2. The molecule has 0 saturated heterocycles. The molecule has 0 aliphatic heterocycles. The van der Waals surface area contributed by atoms with E-state index in [2.05, 4.69) is 10.2 Å². The van der Waals surface area contributed by atoms with Crippen molar-refractivity contribution < 1.29 is 14.3 Å². The molecule has 0 unspecified atom stereocenters. The molecule has 7 heteroatoms. The van der Waals surface area contributed by atoms with Crippen LogP contribution in [0.25, 0.3) is 0 Å². The van der Waals surface area contributed by atoms with Crippen molar-refractivity contribution in [1.29, 1.82) is 0 Å². The molecule has 0 radical (unpaired) electrons. The van der Waals surface area contributed by atoms with Gasteiger partial charge in [0, 0.05) is 18.8 Å². The number of nitrogens with zero attached hydrogens (tertiary/aromatic N) is 4. The lowest BCUT2D eigenvalue weighted by molar-refractivity contribution is 0.0513. The van der Waals surface area contributed by atoms with Crippen molar-refractivity contribution in [2.75, 3.05) is 6.61 Å². The minimum absolute atomic E-state index is 0.154. The predicted molar refractivity (Wildman–Crippen MR) is 70.6 cm³/mol. The zero-order valence-electron chi connectivity index (χ0n) is 11.9. The molecule has 2 aromatic rings. The summed E-state index contributed by atoms with van der Waals surface area (Å²) >= 11 is 0. The predicted octanol–water partition coefficient (Wildman–Crippen LogP) is 1.10. The molecule has 2 aromatic heterocycles. The largest absolute Gasteiger partial charge is 0.461 e. The molecule has 0 aliphatic rings. The zero-order chi connectivity index (χ0) is 14.9. The van der Waals surface area contributed by atoms with Gasteiger partial charge >= 0.3 is 5.97 Å². The van der Waals surface area contributed by atoms with Gasteiger partial charge in [-0.25, -0.2) is 4.79 Å². The van der Waals surface area contributed by atoms with Gasteiger partial charge in [0.25, 0.3) is 5.91 Å². The maximum atomic E-state index is 12.3. The maximum Gasteiger partial charge on any atom is 0.356 e. The molecule has 0 atom stereocenters. The van der Waals surface area contributed by atoms with Crippen LogP contribution in [0, 0.1) is 13.8 Å². The van der Waals surface area contributed by atoms with E-state index < -0.39 is 5.97 Å². The van der Waals surface area contributed by atoms with Crippen LogP contribution in [0.5, 0.6) is 0 Å². The summed E-state index contributed by atoms with van der Waals surface area (Å²) in [5.41, 5.74) is 1.85. The summed E-state index contributed by atoms with van der Waals surface area (Å²) in [7, 11) is 1.59. The van der Waals surface area contributed by atoms with Crippen LogP contribution in [-0.4, -0.2) is 38.0 Å². The van der Waals surface area contributed by atoms with Gasteiger partial charge in [-0.3, -0.25) is 9.48 Å². The van der Waals surface area contributed by atoms with Crippen LogP contribution in [-0.2, 0) is 11.8 Å². The van der Waals surface area contributed by atoms with Crippen LogP contribution in [0.15, 0.2) is 12.1 Å². The van der Waals surface area contributed by atoms with Gasteiger partial charge < -0.3 is 4.74 Å². The molecule has 0 fully saturated rings. The Morgan fingerprint density at radius 2 is 1.95 bits per heavy atom. The number of esters is 1. The Labute approximate surface area is 116 Å². The summed E-state index contributed by atoms with van der Waals surface area (Å²) in [6.45, 7) is 5.58. The van der Waals surface area contributed by atoms with Crippen molar-refractivity contribution in [3.63, 3.8) is 0 Å². The molecule has 0 spiro atoms. The monoisotopic (exact) mass is 276 g/mol. The molecule has 0 amide bonds. The maximum absolute atomic E-state index is 12.3. The number of hydrogen-bond donors (Lipinski definition) is 0. The number of hydrogen-bond acceptors (Lipinski definition) is 5. The molecule has 0 saturated carbocycles. The highest BCUT2D eigenvalue weighted by atomic mass is 16.5. The standard InChI is InChI=1S/C13H16N4O3/c1-5-20-13(19)11-7-10(15-16(11)4)12(18)17-9(3)6-8(2)14-17/h6-7H,5H2,1-4H3. The first-order valence-electron chi connectivity index (χ1n) is 6.23. The minimum Gasteiger partial charge on any atom is -0.461 e. The van der Waals surface area contributed by atoms with Crippen molar-refractivity contribution in [3.8, 4) is 0 Å². The quantitative estimate of drug-likeness (QED) is 0.784. The van der Waals surface area contributed by atoms with Crippen LogP contribution in [0.2, 0.25) is 0 Å². The summed E-state index contributed by atoms with van der Waals surface area (Å²) in [5.74, 6) is -0.878. The third-order valence-electron chi connectivity index (χ3n) is 2.79. The normalized spacial score (nSPS) is 10.6. The first-order valence-corrected chi connectivity index (χ1v) is 6.23. The van der Waals surface area contributed by atoms with E-state index in [0.29, 0.717) is 0 Å². The number of carbonyl (C=O) groups excluding carboxylic acids is 2. The number of aromatic nitrogens is 4. The van der Waals surface area contributed by atoms with Gasteiger partial charge in [0.05, 0.1) is 12.3 Å². The highest BCUT2D eigenvalue weighted by Crippen LogP contribution is 2.09. The molecule has 20 heavy (non-hydrogen) atoms. The first-order chi connectivity index (χ1) is 9.43. The highest BCUT2D eigenvalue weighted by molar-refractivity contribution is 5.97. The van der Waals surface area contributed by atoms with Gasteiger partial charge in [-0.05, 0) is 26.8 Å². The minimum atomic E-state index is -0.505. The molecule has 0 aliphatic carbocycles. The van der Waals surface area contributed by atoms with Gasteiger partial charge in [0.1, 0.15) is 5.69 Å². The number of rotatable bonds is 3. The van der Waals surface area contributed by atoms with Crippen LogP contribution < -0.4 is 0 Å². The molecule has 0 bridgehead atoms. The molecule has 2 heterocycles. The van der Waals surface area contributed by atoms with Crippen molar-refractivity contribution in [1.82, 2.24) is 19.6 Å². The molecule has 7 nitrogen and oxygen atoms in total. The Bertz CT molecular complexity index is 669. The Balaban J connectivity index is 2.35. The molecular formula is C13H16N4O3. The second-order valence-corrected chi connectivity index (χ2v) is 4.40. The summed E-state index contributed by atoms with van der Waals surface area (Å²) in [5, 5.41) is 8.15. The Kier molecular flexibility index (Phi) is 3.69. The average Bonchev–Trinajstić information content (AvgIpc) is 2.92. The zero-order valence-corrected chi connectivity index (χ0v) is 11.9. The third-order valence-corrected chi connectivity index (χ3v) is 2.79. The molecule has 2 rings (SSSR count). The van der Waals surface area contributed by atoms with Gasteiger partial charge in [-0.2, -0.15) is 14.9 Å². The summed E-state index contributed by atoms with van der Waals surface area (Å²) in [4.78, 5) is 24.0. The van der Waals surface area contributed by atoms with E-state index in [9.17, 15) is 9.59 Å². The molecular weight excluding hydrogens is 260 g/mol. The molecule has 0 aromatic carbocycles. The lowest BCUT2D eigenvalue weighted by Crippen LogP contribution is -2.16. The Morgan fingerprint density at radius 3 is 2.50 bits per heavy atom. The Morgan fingerprint density at radius 1 is 1.25 bits per heavy atom. The third kappa shape index (κ3) is 2.47. The second kappa shape index (κ2) is 5.28. The smallest absolute Gasteiger partial charge is 0.356 e. The first kappa shape index (κ1) is 14.0. The van der Waals surface area contributed by atoms with E-state index in [1.807, 2.05) is 0 Å². The Hall–Kier alpha value is -2.44. The van der Waals surface area contributed by atoms with E-state index in [1.165, 1.54) is 15.4 Å². The van der Waals surface area contributed by atoms with Crippen molar-refractivity contribution in [3.05, 3.63) is 34.9 Å². The number of aryl methyl sites for hydroxylation is 3. The summed E-state index contributed by atoms with van der Waals surface area (Å²) < 4.78 is 7.50. The van der Waals surface area contributed by atoms with Gasteiger partial charge in [-0.15, -0.1) is 0 Å². The fraction of sp³-hybridized carbons (Fsp3) is 0.385. The fourth-order valence-electron chi connectivity index (χ4n) is 1.91. The fourth-order valence-corrected chi connectivity index (χ4v) is 1.91. The van der Waals surface area contributed by atoms with Crippen molar-refractivity contribution in [2.45, 2.75) is 20.8 Å². The lowest BCUT2D eigenvalue weighted by atomic mass is 10.3. The van der Waals surface area contributed by atoms with Crippen molar-refractivity contribution in [2.24, 2.45) is 7.05 Å². The van der Waals surface area contributed by atoms with Crippen LogP contribution in [0.4, 0.5) is 0 Å². The second-order valence-electron chi connectivity index (χ2n) is 4.40. The van der Waals surface area contributed by atoms with Gasteiger partial charge in [-0.1, -0.05) is 0 Å². The van der Waals surface area contributed by atoms with E-state index in [4.69, 9.17) is 4.74 Å². The van der Waals surface area contributed by atoms with E-state index in [-0.39, 0.29) is 23.9 Å². The molecule has 106 valence electrons. The van der Waals surface area contributed by atoms with E-state index >= 15 is 0 Å². The van der Waals surface area contributed by atoms with E-state index in [1.54, 1.807) is 33.9 Å². The topological polar surface area (TPSA) is 79.0 Å². The van der Waals surface area contributed by atoms with Crippen LogP contribution >= 0.6 is 0 Å². The lowest BCUT2D eigenvalue weighted by Gasteiger charge is -1.99. The van der Waals surface area contributed by atoms with Crippen LogP contribution in [0.3, 0.4) is 0 Å². The summed E-state index contributed by atoms with van der Waals surface area (Å²) in [6, 6.07) is 3.21. The SMILES string of the molecule is CCOC(=O)c1cc(C(=O)n2nc(C)cc2C)nn1C. The van der Waals surface area contributed by atoms with Crippen molar-refractivity contribution >= 4 is 11.9 Å².